The Morgan fingerprint density at radius 1 is 1.20 bits per heavy atom. The second kappa shape index (κ2) is 9.02. The molecule has 0 spiro atoms. The van der Waals surface area contributed by atoms with E-state index in [9.17, 15) is 18.0 Å². The van der Waals surface area contributed by atoms with E-state index in [4.69, 9.17) is 10.8 Å². The van der Waals surface area contributed by atoms with Crippen LogP contribution in [-0.2, 0) is 0 Å². The number of fused-ring (bicyclic) bond motifs is 1. The molecule has 2 aliphatic rings. The smallest absolute Gasteiger partial charge is 0.383 e. The van der Waals surface area contributed by atoms with Crippen molar-refractivity contribution in [2.45, 2.75) is 31.2 Å². The number of anilines is 1. The quantitative estimate of drug-likeness (QED) is 0.449. The number of nitrogens with zero attached hydrogens (tertiary/aromatic N) is 4. The number of amides is 1. The zero-order valence-electron chi connectivity index (χ0n) is 18.5. The summed E-state index contributed by atoms with van der Waals surface area (Å²) in [7, 11) is 0. The number of nitrogen functional groups attached to an aromatic ring is 1. The molecule has 9 nitrogen and oxygen atoms in total. The minimum absolute atomic E-state index is 0.131. The minimum Gasteiger partial charge on any atom is -0.383 e. The summed E-state index contributed by atoms with van der Waals surface area (Å²) in [5, 5.41) is 14.0. The first-order valence-corrected chi connectivity index (χ1v) is 11.1. The number of hydrogen-bond donors (Lipinski definition) is 4. The molecule has 2 atom stereocenters. The number of carbonyl (C=O) groups is 1. The van der Waals surface area contributed by atoms with Crippen LogP contribution in [0.4, 0.5) is 19.0 Å². The molecule has 12 heteroatoms. The first-order valence-electron chi connectivity index (χ1n) is 11.1. The van der Waals surface area contributed by atoms with Crippen molar-refractivity contribution in [1.29, 1.82) is 0 Å². The Kier molecular flexibility index (Phi) is 5.89. The Morgan fingerprint density at radius 3 is 2.71 bits per heavy atom. The number of hydrogen-bond acceptors (Lipinski definition) is 7. The van der Waals surface area contributed by atoms with Crippen LogP contribution in [0.15, 0.2) is 54.5 Å². The fourth-order valence-electron chi connectivity index (χ4n) is 4.30. The van der Waals surface area contributed by atoms with Crippen LogP contribution in [0.3, 0.4) is 0 Å². The van der Waals surface area contributed by atoms with Gasteiger partial charge in [-0.1, -0.05) is 12.1 Å². The van der Waals surface area contributed by atoms with Gasteiger partial charge in [-0.15, -0.1) is 0 Å². The maximum atomic E-state index is 13.0. The molecule has 35 heavy (non-hydrogen) atoms. The second-order valence-electron chi connectivity index (χ2n) is 8.40. The summed E-state index contributed by atoms with van der Waals surface area (Å²) in [6.45, 7) is 1.73. The molecular formula is C23H23F3N8O. The fraction of sp³-hybridized carbons (Fsp3) is 0.304. The minimum atomic E-state index is -4.49. The number of halogens is 3. The molecule has 0 aliphatic carbocycles. The van der Waals surface area contributed by atoms with Gasteiger partial charge in [0.25, 0.3) is 5.91 Å². The number of rotatable bonds is 4. The molecule has 1 aromatic carbocycles. The summed E-state index contributed by atoms with van der Waals surface area (Å²) < 4.78 is 40.7. The van der Waals surface area contributed by atoms with Gasteiger partial charge in [0.2, 0.25) is 0 Å². The average molecular weight is 484 g/mol. The lowest BCUT2D eigenvalue weighted by atomic mass is 10.1. The van der Waals surface area contributed by atoms with E-state index in [-0.39, 0.29) is 11.6 Å². The Bertz CT molecular complexity index is 1310. The zero-order valence-corrected chi connectivity index (χ0v) is 18.5. The van der Waals surface area contributed by atoms with Crippen LogP contribution >= 0.6 is 0 Å². The molecule has 2 unspecified atom stereocenters. The Labute approximate surface area is 198 Å². The molecule has 2 aliphatic heterocycles. The maximum Gasteiger partial charge on any atom is 0.416 e. The number of carbonyl (C=O) groups excluding carboxylic acids is 1. The van der Waals surface area contributed by atoms with Crippen LogP contribution in [0.1, 0.15) is 29.2 Å². The highest BCUT2D eigenvalue weighted by Gasteiger charge is 2.33. The lowest BCUT2D eigenvalue weighted by Gasteiger charge is -2.23. The number of nitrogens with one attached hydrogen (secondary N) is 3. The van der Waals surface area contributed by atoms with Crippen LogP contribution in [0.2, 0.25) is 0 Å². The monoisotopic (exact) mass is 484 g/mol. The van der Waals surface area contributed by atoms with Gasteiger partial charge in [-0.05, 0) is 49.9 Å². The lowest BCUT2D eigenvalue weighted by molar-refractivity contribution is -0.0888. The first-order chi connectivity index (χ1) is 16.8. The van der Waals surface area contributed by atoms with Crippen molar-refractivity contribution >= 4 is 22.8 Å². The Balaban J connectivity index is 1.40. The molecule has 0 bridgehead atoms. The zero-order chi connectivity index (χ0) is 24.6. The summed E-state index contributed by atoms with van der Waals surface area (Å²) in [6.07, 6.45) is 0.924. The average Bonchev–Trinajstić information content (AvgIpc) is 3.25. The van der Waals surface area contributed by atoms with E-state index in [0.717, 1.165) is 44.3 Å². The van der Waals surface area contributed by atoms with Crippen molar-refractivity contribution in [2.24, 2.45) is 0 Å². The number of aromatic nitrogens is 4. The number of piperidine rings is 1. The summed E-state index contributed by atoms with van der Waals surface area (Å²) >= 11 is 0. The number of nitrogens with two attached hydrogens (primary N) is 1. The van der Waals surface area contributed by atoms with E-state index in [2.05, 4.69) is 25.9 Å². The summed E-state index contributed by atoms with van der Waals surface area (Å²) in [5.41, 5.74) is 7.61. The van der Waals surface area contributed by atoms with Crippen LogP contribution in [0.25, 0.3) is 22.3 Å². The molecule has 3 aromatic rings. The van der Waals surface area contributed by atoms with Crippen molar-refractivity contribution in [3.05, 3.63) is 60.1 Å². The molecule has 5 N–H and O–H groups in total. The van der Waals surface area contributed by atoms with Crippen LogP contribution in [0.5, 0.6) is 0 Å². The van der Waals surface area contributed by atoms with E-state index >= 15 is 0 Å². The van der Waals surface area contributed by atoms with Crippen molar-refractivity contribution in [1.82, 2.24) is 35.7 Å². The van der Waals surface area contributed by atoms with Crippen molar-refractivity contribution in [3.63, 3.8) is 0 Å². The molecule has 1 saturated heterocycles. The number of dihydropyridines is 1. The highest BCUT2D eigenvalue weighted by atomic mass is 19.4. The number of alkyl halides is 3. The topological polar surface area (TPSA) is 123 Å². The lowest BCUT2D eigenvalue weighted by Crippen LogP contribution is -2.43. The maximum absolute atomic E-state index is 13.0. The predicted octanol–water partition coefficient (Wildman–Crippen LogP) is 2.66. The molecule has 2 aromatic heterocycles. The molecule has 0 saturated carbocycles. The third-order valence-electron chi connectivity index (χ3n) is 6.05. The fourth-order valence-corrected chi connectivity index (χ4v) is 4.30. The number of benzene rings is 1. The van der Waals surface area contributed by atoms with E-state index < -0.39 is 23.8 Å². The third kappa shape index (κ3) is 4.56. The first kappa shape index (κ1) is 22.8. The molecule has 1 amide bonds. The van der Waals surface area contributed by atoms with Crippen LogP contribution in [0, 0.1) is 0 Å². The van der Waals surface area contributed by atoms with Gasteiger partial charge in [-0.2, -0.15) is 18.3 Å². The van der Waals surface area contributed by atoms with Crippen LogP contribution < -0.4 is 21.7 Å². The van der Waals surface area contributed by atoms with Gasteiger partial charge in [-0.3, -0.25) is 4.79 Å². The molecule has 182 valence electrons. The van der Waals surface area contributed by atoms with E-state index in [0.29, 0.717) is 28.1 Å². The predicted molar refractivity (Wildman–Crippen MR) is 124 cm³/mol. The van der Waals surface area contributed by atoms with Gasteiger partial charge in [0.05, 0.1) is 17.0 Å². The standard InChI is InChI=1S/C23H23F3N8O/c24-23(25,26)15-7-9-29-17(10-15)32-22(35)14-5-3-13(4-6-14)19-18-20(27)30-12-31-21(18)34(33-19)16-2-1-8-28-11-16/h3-7,9-10,12,16-17,28-29H,1-2,8,11H2,(H,32,35)(H2,27,30,31). The van der Waals surface area contributed by atoms with E-state index in [1.165, 1.54) is 6.33 Å². The largest absolute Gasteiger partial charge is 0.416 e. The summed E-state index contributed by atoms with van der Waals surface area (Å²) in [5.74, 6) is -0.209. The van der Waals surface area contributed by atoms with Gasteiger partial charge in [0.15, 0.2) is 5.65 Å². The highest BCUT2D eigenvalue weighted by molar-refractivity contribution is 5.99. The molecule has 0 radical (unpaired) electrons. The second-order valence-corrected chi connectivity index (χ2v) is 8.40. The van der Waals surface area contributed by atoms with Gasteiger partial charge >= 0.3 is 6.18 Å². The normalized spacial score (nSPS) is 20.4. The highest BCUT2D eigenvalue weighted by Crippen LogP contribution is 2.33. The summed E-state index contributed by atoms with van der Waals surface area (Å²) in [6, 6.07) is 6.75. The third-order valence-corrected chi connectivity index (χ3v) is 6.05. The van der Waals surface area contributed by atoms with Crippen molar-refractivity contribution < 1.29 is 18.0 Å². The SMILES string of the molecule is Nc1ncnc2c1c(-c1ccc(C(=O)NC3C=C(C(F)(F)F)C=CN3)cc1)nn2C1CCCNC1. The Morgan fingerprint density at radius 2 is 2.00 bits per heavy atom. The van der Waals surface area contributed by atoms with Crippen LogP contribution in [-0.4, -0.2) is 51.1 Å². The molecule has 4 heterocycles. The van der Waals surface area contributed by atoms with Crippen molar-refractivity contribution in [2.75, 3.05) is 18.8 Å². The molecule has 1 fully saturated rings. The van der Waals surface area contributed by atoms with Crippen molar-refractivity contribution in [3.8, 4) is 11.3 Å². The summed E-state index contributed by atoms with van der Waals surface area (Å²) in [4.78, 5) is 21.2. The molecule has 5 rings (SSSR count). The van der Waals surface area contributed by atoms with Gasteiger partial charge in [0, 0.05) is 17.7 Å². The Hall–Kier alpha value is -3.93. The number of allylic oxidation sites excluding steroid dienone is 2. The van der Waals surface area contributed by atoms with E-state index in [1.807, 2.05) is 4.68 Å². The van der Waals surface area contributed by atoms with E-state index in [1.54, 1.807) is 24.3 Å². The molecular weight excluding hydrogens is 461 g/mol. The van der Waals surface area contributed by atoms with Gasteiger partial charge in [-0.25, -0.2) is 14.6 Å². The van der Waals surface area contributed by atoms with Gasteiger partial charge < -0.3 is 21.7 Å². The van der Waals surface area contributed by atoms with Gasteiger partial charge in [0.1, 0.15) is 24.0 Å².